The van der Waals surface area contributed by atoms with Crippen molar-refractivity contribution in [2.24, 2.45) is 0 Å². The van der Waals surface area contributed by atoms with Crippen molar-refractivity contribution < 1.29 is 9.13 Å². The van der Waals surface area contributed by atoms with E-state index in [0.29, 0.717) is 6.42 Å². The molecular formula is C17H16FN3O. The van der Waals surface area contributed by atoms with Crippen LogP contribution in [0.5, 0.6) is 0 Å². The van der Waals surface area contributed by atoms with Crippen molar-refractivity contribution in [1.82, 2.24) is 14.5 Å². The van der Waals surface area contributed by atoms with Gasteiger partial charge in [0.15, 0.2) is 5.65 Å². The van der Waals surface area contributed by atoms with Gasteiger partial charge in [-0.1, -0.05) is 6.07 Å². The van der Waals surface area contributed by atoms with E-state index in [9.17, 15) is 4.39 Å². The van der Waals surface area contributed by atoms with E-state index in [1.807, 2.05) is 22.8 Å². The van der Waals surface area contributed by atoms with E-state index in [1.54, 1.807) is 12.3 Å². The Morgan fingerprint density at radius 3 is 3.05 bits per heavy atom. The van der Waals surface area contributed by atoms with Crippen LogP contribution in [0.2, 0.25) is 0 Å². The summed E-state index contributed by atoms with van der Waals surface area (Å²) in [5.41, 5.74) is 2.31. The van der Waals surface area contributed by atoms with Crippen LogP contribution in [0.25, 0.3) is 16.9 Å². The molecule has 0 aliphatic carbocycles. The third-order valence-corrected chi connectivity index (χ3v) is 3.99. The zero-order valence-electron chi connectivity index (χ0n) is 12.1. The van der Waals surface area contributed by atoms with Gasteiger partial charge in [0.1, 0.15) is 17.2 Å². The molecule has 1 saturated heterocycles. The van der Waals surface area contributed by atoms with Crippen LogP contribution in [0, 0.1) is 5.82 Å². The predicted octanol–water partition coefficient (Wildman–Crippen LogP) is 3.28. The van der Waals surface area contributed by atoms with E-state index in [0.717, 1.165) is 42.1 Å². The number of pyridine rings is 1. The highest BCUT2D eigenvalue weighted by Gasteiger charge is 2.21. The number of halogens is 1. The molecule has 3 heterocycles. The molecule has 4 rings (SSSR count). The Hall–Kier alpha value is -2.27. The Kier molecular flexibility index (Phi) is 3.35. The first-order valence-corrected chi connectivity index (χ1v) is 7.51. The minimum absolute atomic E-state index is 0.184. The lowest BCUT2D eigenvalue weighted by molar-refractivity contribution is 0.109. The van der Waals surface area contributed by atoms with E-state index in [1.165, 1.54) is 12.1 Å². The number of benzene rings is 1. The molecule has 1 aromatic carbocycles. The van der Waals surface area contributed by atoms with Crippen LogP contribution in [-0.4, -0.2) is 27.2 Å². The Morgan fingerprint density at radius 1 is 1.27 bits per heavy atom. The van der Waals surface area contributed by atoms with Gasteiger partial charge in [-0.3, -0.25) is 4.57 Å². The normalized spacial score (nSPS) is 18.1. The second-order valence-corrected chi connectivity index (χ2v) is 5.53. The Labute approximate surface area is 127 Å². The maximum absolute atomic E-state index is 13.6. The van der Waals surface area contributed by atoms with Crippen LogP contribution < -0.4 is 0 Å². The summed E-state index contributed by atoms with van der Waals surface area (Å²) < 4.78 is 21.3. The van der Waals surface area contributed by atoms with Crippen LogP contribution in [0.1, 0.15) is 18.7 Å². The molecule has 1 aliphatic rings. The molecule has 4 nitrogen and oxygen atoms in total. The summed E-state index contributed by atoms with van der Waals surface area (Å²) in [6, 6.07) is 10.3. The van der Waals surface area contributed by atoms with Crippen LogP contribution in [0.4, 0.5) is 4.39 Å². The summed E-state index contributed by atoms with van der Waals surface area (Å²) >= 11 is 0. The summed E-state index contributed by atoms with van der Waals surface area (Å²) in [4.78, 5) is 9.10. The largest absolute Gasteiger partial charge is 0.378 e. The van der Waals surface area contributed by atoms with Crippen molar-refractivity contribution in [1.29, 1.82) is 0 Å². The summed E-state index contributed by atoms with van der Waals surface area (Å²) in [6.45, 7) is 0.809. The molecule has 0 amide bonds. The zero-order valence-corrected chi connectivity index (χ0v) is 12.1. The number of imidazole rings is 1. The van der Waals surface area contributed by atoms with Crippen molar-refractivity contribution in [3.8, 4) is 5.69 Å². The van der Waals surface area contributed by atoms with Gasteiger partial charge in [-0.2, -0.15) is 0 Å². The van der Waals surface area contributed by atoms with Gasteiger partial charge in [0.2, 0.25) is 0 Å². The topological polar surface area (TPSA) is 39.9 Å². The SMILES string of the molecule is Fc1cccc(-n2c(CC3CCCO3)nc3cccnc32)c1. The second kappa shape index (κ2) is 5.50. The number of hydrogen-bond donors (Lipinski definition) is 0. The molecule has 1 atom stereocenters. The maximum atomic E-state index is 13.6. The third-order valence-electron chi connectivity index (χ3n) is 3.99. The Balaban J connectivity index is 1.85. The maximum Gasteiger partial charge on any atom is 0.164 e. The molecule has 0 saturated carbocycles. The number of aromatic nitrogens is 3. The molecule has 0 N–H and O–H groups in total. The zero-order chi connectivity index (χ0) is 14.9. The summed E-state index contributed by atoms with van der Waals surface area (Å²) in [6.07, 6.45) is 4.76. The summed E-state index contributed by atoms with van der Waals surface area (Å²) in [7, 11) is 0. The summed E-state index contributed by atoms with van der Waals surface area (Å²) in [5, 5.41) is 0. The van der Waals surface area contributed by atoms with E-state index < -0.39 is 0 Å². The quantitative estimate of drug-likeness (QED) is 0.745. The first-order valence-electron chi connectivity index (χ1n) is 7.51. The molecule has 112 valence electrons. The molecule has 0 bridgehead atoms. The minimum atomic E-state index is -0.265. The number of rotatable bonds is 3. The first kappa shape index (κ1) is 13.4. The number of hydrogen-bond acceptors (Lipinski definition) is 3. The molecule has 3 aromatic rings. The van der Waals surface area contributed by atoms with Crippen molar-refractivity contribution in [3.05, 3.63) is 54.2 Å². The number of fused-ring (bicyclic) bond motifs is 1. The highest BCUT2D eigenvalue weighted by Crippen LogP contribution is 2.24. The molecular weight excluding hydrogens is 281 g/mol. The molecule has 1 unspecified atom stereocenters. The molecule has 2 aromatic heterocycles. The molecule has 1 fully saturated rings. The standard InChI is InChI=1S/C17H16FN3O/c18-12-4-1-5-13(10-12)21-16(11-14-6-3-9-22-14)20-15-7-2-8-19-17(15)21/h1-2,4-5,7-8,10,14H,3,6,9,11H2. The van der Waals surface area contributed by atoms with E-state index in [2.05, 4.69) is 9.97 Å². The number of ether oxygens (including phenoxy) is 1. The van der Waals surface area contributed by atoms with Gasteiger partial charge in [-0.05, 0) is 43.2 Å². The van der Waals surface area contributed by atoms with Gasteiger partial charge in [-0.25, -0.2) is 14.4 Å². The van der Waals surface area contributed by atoms with Gasteiger partial charge in [-0.15, -0.1) is 0 Å². The van der Waals surface area contributed by atoms with E-state index >= 15 is 0 Å². The van der Waals surface area contributed by atoms with Crippen molar-refractivity contribution >= 4 is 11.2 Å². The van der Waals surface area contributed by atoms with Gasteiger partial charge in [0, 0.05) is 19.2 Å². The Morgan fingerprint density at radius 2 is 2.23 bits per heavy atom. The van der Waals surface area contributed by atoms with Crippen LogP contribution in [-0.2, 0) is 11.2 Å². The molecule has 0 spiro atoms. The highest BCUT2D eigenvalue weighted by atomic mass is 19.1. The van der Waals surface area contributed by atoms with Crippen molar-refractivity contribution in [2.45, 2.75) is 25.4 Å². The molecule has 5 heteroatoms. The molecule has 22 heavy (non-hydrogen) atoms. The lowest BCUT2D eigenvalue weighted by atomic mass is 10.2. The fourth-order valence-electron chi connectivity index (χ4n) is 2.99. The van der Waals surface area contributed by atoms with Crippen LogP contribution in [0.3, 0.4) is 0 Å². The Bertz CT molecular complexity index is 809. The van der Waals surface area contributed by atoms with Gasteiger partial charge >= 0.3 is 0 Å². The fourth-order valence-corrected chi connectivity index (χ4v) is 2.99. The third kappa shape index (κ3) is 2.37. The first-order chi connectivity index (χ1) is 10.8. The minimum Gasteiger partial charge on any atom is -0.378 e. The van der Waals surface area contributed by atoms with Crippen LogP contribution >= 0.6 is 0 Å². The van der Waals surface area contributed by atoms with Gasteiger partial charge in [0.25, 0.3) is 0 Å². The van der Waals surface area contributed by atoms with Crippen LogP contribution in [0.15, 0.2) is 42.6 Å². The molecule has 0 radical (unpaired) electrons. The van der Waals surface area contributed by atoms with Crippen molar-refractivity contribution in [2.75, 3.05) is 6.61 Å². The lowest BCUT2D eigenvalue weighted by Crippen LogP contribution is -2.13. The predicted molar refractivity (Wildman–Crippen MR) is 81.5 cm³/mol. The highest BCUT2D eigenvalue weighted by molar-refractivity contribution is 5.73. The second-order valence-electron chi connectivity index (χ2n) is 5.53. The average Bonchev–Trinajstić information content (AvgIpc) is 3.14. The van der Waals surface area contributed by atoms with E-state index in [4.69, 9.17) is 4.74 Å². The lowest BCUT2D eigenvalue weighted by Gasteiger charge is -2.12. The smallest absolute Gasteiger partial charge is 0.164 e. The monoisotopic (exact) mass is 297 g/mol. The fraction of sp³-hybridized carbons (Fsp3) is 0.294. The number of nitrogens with zero attached hydrogens (tertiary/aromatic N) is 3. The van der Waals surface area contributed by atoms with E-state index in [-0.39, 0.29) is 11.9 Å². The molecule has 1 aliphatic heterocycles. The average molecular weight is 297 g/mol. The van der Waals surface area contributed by atoms with Gasteiger partial charge < -0.3 is 4.74 Å². The van der Waals surface area contributed by atoms with Gasteiger partial charge in [0.05, 0.1) is 11.8 Å². The summed E-state index contributed by atoms with van der Waals surface area (Å²) in [5.74, 6) is 0.601. The van der Waals surface area contributed by atoms with Crippen molar-refractivity contribution in [3.63, 3.8) is 0 Å².